The van der Waals surface area contributed by atoms with E-state index >= 15 is 0 Å². The molecular formula is C18H18FNO6S. The van der Waals surface area contributed by atoms with Crippen molar-refractivity contribution in [1.82, 2.24) is 0 Å². The van der Waals surface area contributed by atoms with E-state index in [9.17, 15) is 22.4 Å². The first-order valence-corrected chi connectivity index (χ1v) is 9.36. The van der Waals surface area contributed by atoms with Crippen LogP contribution in [0.5, 0.6) is 0 Å². The van der Waals surface area contributed by atoms with E-state index in [4.69, 9.17) is 4.74 Å². The van der Waals surface area contributed by atoms with Crippen molar-refractivity contribution in [3.63, 3.8) is 0 Å². The fourth-order valence-corrected chi connectivity index (χ4v) is 3.76. The summed E-state index contributed by atoms with van der Waals surface area (Å²) in [6, 6.07) is 9.91. The zero-order chi connectivity index (χ0) is 20.0. The molecule has 2 aromatic rings. The van der Waals surface area contributed by atoms with Crippen LogP contribution in [0.1, 0.15) is 17.3 Å². The van der Waals surface area contributed by atoms with Gasteiger partial charge in [0.2, 0.25) is 0 Å². The summed E-state index contributed by atoms with van der Waals surface area (Å²) in [5.41, 5.74) is -0.100. The Morgan fingerprint density at radius 1 is 1.07 bits per heavy atom. The van der Waals surface area contributed by atoms with E-state index in [1.54, 1.807) is 6.92 Å². The van der Waals surface area contributed by atoms with Gasteiger partial charge in [0.1, 0.15) is 12.4 Å². The lowest BCUT2D eigenvalue weighted by atomic mass is 10.2. The first-order valence-electron chi connectivity index (χ1n) is 7.92. The van der Waals surface area contributed by atoms with Gasteiger partial charge in [-0.2, -0.15) is 0 Å². The quantitative estimate of drug-likeness (QED) is 0.669. The maximum Gasteiger partial charge on any atom is 0.340 e. The molecule has 2 rings (SSSR count). The predicted molar refractivity (Wildman–Crippen MR) is 95.3 cm³/mol. The summed E-state index contributed by atoms with van der Waals surface area (Å²) in [4.78, 5) is 23.8. The zero-order valence-electron chi connectivity index (χ0n) is 14.7. The molecule has 9 heteroatoms. The molecule has 0 aliphatic heterocycles. The van der Waals surface area contributed by atoms with Gasteiger partial charge in [-0.1, -0.05) is 12.1 Å². The molecule has 0 radical (unpaired) electrons. The minimum Gasteiger partial charge on any atom is -0.465 e. The first-order chi connectivity index (χ1) is 12.8. The molecule has 0 fully saturated rings. The lowest BCUT2D eigenvalue weighted by molar-refractivity contribution is -0.141. The van der Waals surface area contributed by atoms with Crippen LogP contribution in [0.15, 0.2) is 53.4 Å². The Kier molecular flexibility index (Phi) is 6.51. The van der Waals surface area contributed by atoms with E-state index in [-0.39, 0.29) is 22.8 Å². The molecule has 0 saturated carbocycles. The highest BCUT2D eigenvalue weighted by Crippen LogP contribution is 2.28. The summed E-state index contributed by atoms with van der Waals surface area (Å²) in [5, 5.41) is 0. The van der Waals surface area contributed by atoms with Crippen molar-refractivity contribution >= 4 is 27.6 Å². The van der Waals surface area contributed by atoms with Crippen LogP contribution in [-0.2, 0) is 24.3 Å². The van der Waals surface area contributed by atoms with Gasteiger partial charge in [-0.25, -0.2) is 17.6 Å². The molecule has 0 aliphatic rings. The number of benzene rings is 2. The van der Waals surface area contributed by atoms with Crippen LogP contribution in [-0.4, -0.2) is 40.6 Å². The van der Waals surface area contributed by atoms with Gasteiger partial charge in [0.05, 0.1) is 29.9 Å². The third kappa shape index (κ3) is 4.62. The standard InChI is InChI=1S/C18H18FNO6S/c1-3-26-17(21)12-20(16-7-5-4-6-15(16)18(22)25-2)27(23,24)14-10-8-13(19)9-11-14/h4-11H,3,12H2,1-2H3. The van der Waals surface area contributed by atoms with Gasteiger partial charge < -0.3 is 9.47 Å². The maximum atomic E-state index is 13.2. The number of esters is 2. The van der Waals surface area contributed by atoms with Crippen molar-refractivity contribution in [2.75, 3.05) is 24.6 Å². The fourth-order valence-electron chi connectivity index (χ4n) is 2.33. The third-order valence-corrected chi connectivity index (χ3v) is 5.33. The molecule has 0 unspecified atom stereocenters. The number of ether oxygens (including phenoxy) is 2. The van der Waals surface area contributed by atoms with Gasteiger partial charge in [0, 0.05) is 0 Å². The lowest BCUT2D eigenvalue weighted by Crippen LogP contribution is -2.37. The normalized spacial score (nSPS) is 10.9. The molecule has 0 aromatic heterocycles. The average Bonchev–Trinajstić information content (AvgIpc) is 2.66. The van der Waals surface area contributed by atoms with Crippen LogP contribution in [0.3, 0.4) is 0 Å². The molecule has 2 aromatic carbocycles. The molecule has 0 spiro atoms. The monoisotopic (exact) mass is 395 g/mol. The number of anilines is 1. The Hall–Kier alpha value is -2.94. The van der Waals surface area contributed by atoms with Crippen LogP contribution < -0.4 is 4.31 Å². The molecule has 7 nitrogen and oxygen atoms in total. The van der Waals surface area contributed by atoms with Gasteiger partial charge in [-0.05, 0) is 43.3 Å². The Bertz CT molecular complexity index is 927. The van der Waals surface area contributed by atoms with E-state index in [1.165, 1.54) is 24.3 Å². The lowest BCUT2D eigenvalue weighted by Gasteiger charge is -2.25. The molecule has 0 aliphatic carbocycles. The summed E-state index contributed by atoms with van der Waals surface area (Å²) in [6.45, 7) is 0.975. The number of rotatable bonds is 7. The van der Waals surface area contributed by atoms with Gasteiger partial charge in [0.25, 0.3) is 10.0 Å². The smallest absolute Gasteiger partial charge is 0.340 e. The predicted octanol–water partition coefficient (Wildman–Crippen LogP) is 2.37. The number of hydrogen-bond donors (Lipinski definition) is 0. The number of halogens is 1. The molecule has 0 heterocycles. The minimum atomic E-state index is -4.29. The van der Waals surface area contributed by atoms with Gasteiger partial charge in [-0.15, -0.1) is 0 Å². The Labute approximate surface area is 156 Å². The van der Waals surface area contributed by atoms with Crippen LogP contribution in [0.2, 0.25) is 0 Å². The van der Waals surface area contributed by atoms with Crippen molar-refractivity contribution in [2.45, 2.75) is 11.8 Å². The number of para-hydroxylation sites is 1. The topological polar surface area (TPSA) is 90.0 Å². The second-order valence-electron chi connectivity index (χ2n) is 5.28. The molecule has 0 atom stereocenters. The molecule has 0 bridgehead atoms. The van der Waals surface area contributed by atoms with Gasteiger partial charge in [0.15, 0.2) is 0 Å². The average molecular weight is 395 g/mol. The van der Waals surface area contributed by atoms with Crippen LogP contribution in [0, 0.1) is 5.82 Å². The van der Waals surface area contributed by atoms with E-state index in [1.807, 2.05) is 0 Å². The molecule has 0 saturated heterocycles. The largest absolute Gasteiger partial charge is 0.465 e. The first kappa shape index (κ1) is 20.4. The van der Waals surface area contributed by atoms with Crippen molar-refractivity contribution in [2.24, 2.45) is 0 Å². The SMILES string of the molecule is CCOC(=O)CN(c1ccccc1C(=O)OC)S(=O)(=O)c1ccc(F)cc1. The van der Waals surface area contributed by atoms with Gasteiger partial charge >= 0.3 is 11.9 Å². The summed E-state index contributed by atoms with van der Waals surface area (Å²) < 4.78 is 49.6. The number of hydrogen-bond acceptors (Lipinski definition) is 6. The molecule has 0 amide bonds. The molecule has 0 N–H and O–H groups in total. The summed E-state index contributed by atoms with van der Waals surface area (Å²) in [6.07, 6.45) is 0. The van der Waals surface area contributed by atoms with Gasteiger partial charge in [-0.3, -0.25) is 9.10 Å². The Morgan fingerprint density at radius 2 is 1.70 bits per heavy atom. The summed E-state index contributed by atoms with van der Waals surface area (Å²) in [5.74, 6) is -2.18. The number of carbonyl (C=O) groups excluding carboxylic acids is 2. The highest BCUT2D eigenvalue weighted by atomic mass is 32.2. The summed E-state index contributed by atoms with van der Waals surface area (Å²) >= 11 is 0. The summed E-state index contributed by atoms with van der Waals surface area (Å²) in [7, 11) is -3.13. The highest BCUT2D eigenvalue weighted by molar-refractivity contribution is 7.92. The number of nitrogens with zero attached hydrogens (tertiary/aromatic N) is 1. The van der Waals surface area contributed by atoms with E-state index in [2.05, 4.69) is 4.74 Å². The highest BCUT2D eigenvalue weighted by Gasteiger charge is 2.30. The van der Waals surface area contributed by atoms with Crippen molar-refractivity contribution in [1.29, 1.82) is 0 Å². The second-order valence-corrected chi connectivity index (χ2v) is 7.14. The van der Waals surface area contributed by atoms with Crippen molar-refractivity contribution < 1.29 is 31.9 Å². The minimum absolute atomic E-state index is 0.0463. The van der Waals surface area contributed by atoms with Crippen molar-refractivity contribution in [3.05, 3.63) is 59.9 Å². The van der Waals surface area contributed by atoms with E-state index in [0.717, 1.165) is 35.7 Å². The number of sulfonamides is 1. The number of methoxy groups -OCH3 is 1. The molecular weight excluding hydrogens is 377 g/mol. The number of carbonyl (C=O) groups is 2. The Balaban J connectivity index is 2.61. The third-order valence-electron chi connectivity index (χ3n) is 3.56. The van der Waals surface area contributed by atoms with E-state index < -0.39 is 34.3 Å². The van der Waals surface area contributed by atoms with Crippen LogP contribution in [0.25, 0.3) is 0 Å². The van der Waals surface area contributed by atoms with Crippen LogP contribution >= 0.6 is 0 Å². The van der Waals surface area contributed by atoms with Crippen molar-refractivity contribution in [3.8, 4) is 0 Å². The van der Waals surface area contributed by atoms with E-state index in [0.29, 0.717) is 0 Å². The maximum absolute atomic E-state index is 13.2. The second kappa shape index (κ2) is 8.63. The van der Waals surface area contributed by atoms with Crippen LogP contribution in [0.4, 0.5) is 10.1 Å². The molecule has 144 valence electrons. The molecule has 27 heavy (non-hydrogen) atoms. The zero-order valence-corrected chi connectivity index (χ0v) is 15.5. The Morgan fingerprint density at radius 3 is 2.30 bits per heavy atom. The fraction of sp³-hybridized carbons (Fsp3) is 0.222.